The van der Waals surface area contributed by atoms with Crippen LogP contribution in [0.5, 0.6) is 0 Å². The molecule has 0 bridgehead atoms. The van der Waals surface area contributed by atoms with Gasteiger partial charge in [-0.05, 0) is 89.0 Å². The average molecular weight is 609 g/mol. The number of rotatable bonds is 23. The van der Waals surface area contributed by atoms with Crippen molar-refractivity contribution < 1.29 is 4.74 Å². The molecule has 2 N–H and O–H groups in total. The molecule has 0 aromatic heterocycles. The molecule has 244 valence electrons. The molecule has 0 amide bonds. The molecule has 0 saturated carbocycles. The monoisotopic (exact) mass is 608 g/mol. The van der Waals surface area contributed by atoms with Crippen LogP contribution in [-0.4, -0.2) is 25.7 Å². The van der Waals surface area contributed by atoms with E-state index in [0.29, 0.717) is 12.5 Å². The lowest BCUT2D eigenvalue weighted by atomic mass is 10.0. The first-order chi connectivity index (χ1) is 21.8. The van der Waals surface area contributed by atoms with E-state index in [9.17, 15) is 0 Å². The summed E-state index contributed by atoms with van der Waals surface area (Å²) in [5, 5.41) is 6.92. The van der Waals surface area contributed by atoms with Gasteiger partial charge in [-0.1, -0.05) is 99.6 Å². The molecule has 3 nitrogen and oxygen atoms in total. The number of terminal acetylenes is 1. The zero-order valence-corrected chi connectivity index (χ0v) is 29.0. The van der Waals surface area contributed by atoms with Crippen LogP contribution in [0.2, 0.25) is 0 Å². The summed E-state index contributed by atoms with van der Waals surface area (Å²) in [7, 11) is 0. The molecule has 0 fully saturated rings. The van der Waals surface area contributed by atoms with Gasteiger partial charge in [-0.3, -0.25) is 0 Å². The minimum absolute atomic E-state index is 0.0744. The summed E-state index contributed by atoms with van der Waals surface area (Å²) in [6.45, 7) is 20.9. The molecule has 1 aliphatic carbocycles. The zero-order valence-electron chi connectivity index (χ0n) is 29.0. The third-order valence-electron chi connectivity index (χ3n) is 7.56. The van der Waals surface area contributed by atoms with Crippen LogP contribution in [0, 0.1) is 18.3 Å². The van der Waals surface area contributed by atoms with E-state index in [2.05, 4.69) is 124 Å². The van der Waals surface area contributed by atoms with E-state index in [-0.39, 0.29) is 6.04 Å². The Kier molecular flexibility index (Phi) is 22.4. The molecule has 1 aliphatic rings. The average Bonchev–Trinajstić information content (AvgIpc) is 3.10. The third kappa shape index (κ3) is 20.8. The highest BCUT2D eigenvalue weighted by Gasteiger charge is 2.06. The summed E-state index contributed by atoms with van der Waals surface area (Å²) < 4.78 is 6.04. The number of hydrogen-bond donors (Lipinski definition) is 2. The Hall–Kier alpha value is -3.66. The predicted octanol–water partition coefficient (Wildman–Crippen LogP) is 10.5. The molecule has 0 spiro atoms. The van der Waals surface area contributed by atoms with Crippen LogP contribution >= 0.6 is 0 Å². The van der Waals surface area contributed by atoms with Crippen LogP contribution in [0.3, 0.4) is 0 Å². The Morgan fingerprint density at radius 2 is 1.82 bits per heavy atom. The fourth-order valence-electron chi connectivity index (χ4n) is 4.75. The van der Waals surface area contributed by atoms with E-state index in [1.807, 2.05) is 6.08 Å². The molecule has 0 radical (unpaired) electrons. The summed E-state index contributed by atoms with van der Waals surface area (Å²) in [4.78, 5) is 0. The van der Waals surface area contributed by atoms with E-state index >= 15 is 0 Å². The molecule has 1 rings (SSSR count). The van der Waals surface area contributed by atoms with Gasteiger partial charge < -0.3 is 15.4 Å². The molecule has 2 unspecified atom stereocenters. The van der Waals surface area contributed by atoms with Crippen molar-refractivity contribution in [1.29, 1.82) is 0 Å². The smallest absolute Gasteiger partial charge is 0.130 e. The first-order valence-corrected chi connectivity index (χ1v) is 16.9. The molecule has 2 atom stereocenters. The highest BCUT2D eigenvalue weighted by Crippen LogP contribution is 2.16. The predicted molar refractivity (Wildman–Crippen MR) is 198 cm³/mol. The maximum Gasteiger partial charge on any atom is 0.130 e. The number of unbranched alkanes of at least 4 members (excludes halogenated alkanes) is 6. The van der Waals surface area contributed by atoms with Crippen molar-refractivity contribution in [2.24, 2.45) is 5.92 Å². The molecular formula is C42H60N2O. The summed E-state index contributed by atoms with van der Waals surface area (Å²) in [5.74, 6) is 3.84. The number of hydrogen-bond acceptors (Lipinski definition) is 3. The summed E-state index contributed by atoms with van der Waals surface area (Å²) in [6.07, 6.45) is 37.6. The lowest BCUT2D eigenvalue weighted by Gasteiger charge is -2.16. The van der Waals surface area contributed by atoms with Crippen LogP contribution in [-0.2, 0) is 4.74 Å². The van der Waals surface area contributed by atoms with Crippen molar-refractivity contribution in [3.8, 4) is 12.3 Å². The van der Waals surface area contributed by atoms with Crippen molar-refractivity contribution in [1.82, 2.24) is 10.6 Å². The molecule has 0 aromatic carbocycles. The van der Waals surface area contributed by atoms with Gasteiger partial charge in [0.15, 0.2) is 0 Å². The minimum atomic E-state index is 0.0744. The normalized spacial score (nSPS) is 17.1. The van der Waals surface area contributed by atoms with Gasteiger partial charge in [-0.25, -0.2) is 0 Å². The lowest BCUT2D eigenvalue weighted by molar-refractivity contribution is 0.212. The van der Waals surface area contributed by atoms with E-state index in [4.69, 9.17) is 11.2 Å². The molecule has 0 heterocycles. The Labute approximate surface area is 276 Å². The van der Waals surface area contributed by atoms with Gasteiger partial charge in [-0.15, -0.1) is 24.5 Å². The molecule has 0 aliphatic heterocycles. The molecule has 0 aromatic rings. The van der Waals surface area contributed by atoms with Crippen LogP contribution in [0.25, 0.3) is 0 Å². The lowest BCUT2D eigenvalue weighted by Crippen LogP contribution is -2.24. The van der Waals surface area contributed by atoms with E-state index in [0.717, 1.165) is 61.4 Å². The van der Waals surface area contributed by atoms with Crippen LogP contribution in [0.15, 0.2) is 119 Å². The third-order valence-corrected chi connectivity index (χ3v) is 7.56. The Morgan fingerprint density at radius 3 is 2.53 bits per heavy atom. The van der Waals surface area contributed by atoms with Gasteiger partial charge in [0.1, 0.15) is 5.76 Å². The molecule has 45 heavy (non-hydrogen) atoms. The van der Waals surface area contributed by atoms with Crippen molar-refractivity contribution in [3.63, 3.8) is 0 Å². The van der Waals surface area contributed by atoms with Gasteiger partial charge in [0.05, 0.1) is 12.6 Å². The van der Waals surface area contributed by atoms with Gasteiger partial charge in [-0.2, -0.15) is 0 Å². The van der Waals surface area contributed by atoms with E-state index in [1.165, 1.54) is 49.7 Å². The van der Waals surface area contributed by atoms with E-state index in [1.54, 1.807) is 6.08 Å². The maximum atomic E-state index is 6.04. The molecule has 3 heteroatoms. The standard InChI is InChI=1S/C42H60N2O/c1-9-12-22-36(5)28-30-43-31-29-38(7)42(21-10-2)45-32-19-17-15-13-14-16-18-23-40-24-20-25-41(27-26-37(6)34-40)44-39(8)33-35(4)11-3/h2,9,11-12,21,24-29,35,41,43-44H,3,8,13-19,22-23,30-33H2,1,4-7H3/b12-9-,27-26+,36-28-,38-29-,42-21+. The van der Waals surface area contributed by atoms with E-state index < -0.39 is 0 Å². The highest BCUT2D eigenvalue weighted by atomic mass is 16.5. The summed E-state index contributed by atoms with van der Waals surface area (Å²) in [5.41, 5.74) is 12.7. The molecular weight excluding hydrogens is 548 g/mol. The van der Waals surface area contributed by atoms with Crippen molar-refractivity contribution in [3.05, 3.63) is 119 Å². The Morgan fingerprint density at radius 1 is 1.11 bits per heavy atom. The van der Waals surface area contributed by atoms with Crippen molar-refractivity contribution in [2.75, 3.05) is 19.7 Å². The second kappa shape index (κ2) is 25.6. The van der Waals surface area contributed by atoms with Crippen LogP contribution in [0.1, 0.15) is 98.8 Å². The number of nitrogens with one attached hydrogen (secondary N) is 2. The van der Waals surface area contributed by atoms with Gasteiger partial charge in [0.25, 0.3) is 0 Å². The van der Waals surface area contributed by atoms with Crippen molar-refractivity contribution >= 4 is 0 Å². The van der Waals surface area contributed by atoms with Gasteiger partial charge in [0, 0.05) is 30.4 Å². The van der Waals surface area contributed by atoms with Gasteiger partial charge >= 0.3 is 0 Å². The fourth-order valence-corrected chi connectivity index (χ4v) is 4.75. The topological polar surface area (TPSA) is 33.3 Å². The van der Waals surface area contributed by atoms with Crippen molar-refractivity contribution in [2.45, 2.75) is 105 Å². The minimum Gasteiger partial charge on any atom is -0.493 e. The SMILES string of the molecule is C#C/C=C(OCCCCCCCCCC1=C=C(C)/C=C/C(NC(=C)CC(C)C=C)C=C=C1)\C(C)=C/CNC/C=C(/C)C/C=C\C. The second-order valence-electron chi connectivity index (χ2n) is 12.0. The Balaban J connectivity index is 2.30. The second-order valence-corrected chi connectivity index (χ2v) is 12.0. The highest BCUT2D eigenvalue weighted by molar-refractivity contribution is 5.30. The van der Waals surface area contributed by atoms with Gasteiger partial charge in [0.2, 0.25) is 0 Å². The Bertz CT molecular complexity index is 1230. The number of ether oxygens (including phenoxy) is 1. The summed E-state index contributed by atoms with van der Waals surface area (Å²) >= 11 is 0. The largest absolute Gasteiger partial charge is 0.493 e. The maximum absolute atomic E-state index is 6.04. The zero-order chi connectivity index (χ0) is 33.1. The first-order valence-electron chi connectivity index (χ1n) is 16.9. The first kappa shape index (κ1) is 39.4. The van der Waals surface area contributed by atoms with Crippen LogP contribution in [0.4, 0.5) is 0 Å². The number of allylic oxidation sites excluding steroid dienone is 9. The fraction of sp³-hybridized carbons (Fsp3) is 0.476. The molecule has 0 saturated heterocycles. The summed E-state index contributed by atoms with van der Waals surface area (Å²) in [6, 6.07) is 0.0744. The quantitative estimate of drug-likeness (QED) is 0.0302. The van der Waals surface area contributed by atoms with Crippen LogP contribution < -0.4 is 10.6 Å².